The molecule has 0 radical (unpaired) electrons. The van der Waals surface area contributed by atoms with E-state index in [4.69, 9.17) is 10.4 Å². The summed E-state index contributed by atoms with van der Waals surface area (Å²) in [7, 11) is 0. The van der Waals surface area contributed by atoms with Crippen LogP contribution < -0.4 is 0 Å². The zero-order chi connectivity index (χ0) is 13.5. The Kier molecular flexibility index (Phi) is 5.34. The molecule has 1 aliphatic rings. The van der Waals surface area contributed by atoms with Gasteiger partial charge in [-0.3, -0.25) is 9.80 Å². The first kappa shape index (κ1) is 14.0. The van der Waals surface area contributed by atoms with Crippen LogP contribution in [0.2, 0.25) is 0 Å². The predicted molar refractivity (Wildman–Crippen MR) is 74.6 cm³/mol. The lowest BCUT2D eigenvalue weighted by atomic mass is 10.1. The Morgan fingerprint density at radius 2 is 1.95 bits per heavy atom. The van der Waals surface area contributed by atoms with E-state index in [1.54, 1.807) is 0 Å². The van der Waals surface area contributed by atoms with E-state index >= 15 is 0 Å². The zero-order valence-corrected chi connectivity index (χ0v) is 11.3. The van der Waals surface area contributed by atoms with E-state index in [9.17, 15) is 0 Å². The van der Waals surface area contributed by atoms with E-state index in [0.717, 1.165) is 51.3 Å². The third-order valence-corrected chi connectivity index (χ3v) is 3.56. The van der Waals surface area contributed by atoms with Crippen molar-refractivity contribution >= 4 is 0 Å². The van der Waals surface area contributed by atoms with Crippen LogP contribution in [0.1, 0.15) is 17.5 Å². The summed E-state index contributed by atoms with van der Waals surface area (Å²) in [6.45, 7) is 6.10. The first-order valence-electron chi connectivity index (χ1n) is 6.86. The van der Waals surface area contributed by atoms with Gasteiger partial charge in [0.25, 0.3) is 0 Å². The molecule has 1 aromatic carbocycles. The Hall–Kier alpha value is -1.41. The summed E-state index contributed by atoms with van der Waals surface area (Å²) in [6.07, 6.45) is 1.14. The molecule has 1 aromatic rings. The number of nitriles is 1. The Morgan fingerprint density at radius 3 is 2.74 bits per heavy atom. The lowest BCUT2D eigenvalue weighted by molar-refractivity contribution is 0.196. The molecule has 0 atom stereocenters. The van der Waals surface area contributed by atoms with Crippen molar-refractivity contribution in [3.05, 3.63) is 35.4 Å². The van der Waals surface area contributed by atoms with Gasteiger partial charge in [0.1, 0.15) is 0 Å². The van der Waals surface area contributed by atoms with Gasteiger partial charge in [-0.1, -0.05) is 12.1 Å². The molecular weight excluding hydrogens is 238 g/mol. The Labute approximate surface area is 114 Å². The Bertz CT molecular complexity index is 441. The van der Waals surface area contributed by atoms with Gasteiger partial charge in [0.05, 0.1) is 18.2 Å². The molecule has 1 saturated heterocycles. The minimum Gasteiger partial charge on any atom is -0.395 e. The molecule has 0 saturated carbocycles. The summed E-state index contributed by atoms with van der Waals surface area (Å²) >= 11 is 0. The molecule has 1 N–H and O–H groups in total. The average molecular weight is 259 g/mol. The number of aliphatic hydroxyl groups excluding tert-OH is 1. The minimum absolute atomic E-state index is 0.240. The van der Waals surface area contributed by atoms with E-state index in [1.807, 2.05) is 18.2 Å². The molecule has 1 aliphatic heterocycles. The van der Waals surface area contributed by atoms with Crippen molar-refractivity contribution in [3.63, 3.8) is 0 Å². The van der Waals surface area contributed by atoms with Gasteiger partial charge in [0.15, 0.2) is 0 Å². The maximum absolute atomic E-state index is 8.98. The maximum atomic E-state index is 8.98. The number of hydrogen-bond acceptors (Lipinski definition) is 4. The molecule has 0 aromatic heterocycles. The largest absolute Gasteiger partial charge is 0.395 e. The third-order valence-electron chi connectivity index (χ3n) is 3.56. The minimum atomic E-state index is 0.240. The van der Waals surface area contributed by atoms with Crippen LogP contribution in [0.15, 0.2) is 24.3 Å². The second kappa shape index (κ2) is 7.25. The van der Waals surface area contributed by atoms with Gasteiger partial charge in [-0.2, -0.15) is 5.26 Å². The second-order valence-electron chi connectivity index (χ2n) is 5.01. The molecular formula is C15H21N3O. The molecule has 0 aliphatic carbocycles. The maximum Gasteiger partial charge on any atom is 0.0991 e. The summed E-state index contributed by atoms with van der Waals surface area (Å²) in [5.74, 6) is 0. The van der Waals surface area contributed by atoms with Gasteiger partial charge in [-0.15, -0.1) is 0 Å². The highest BCUT2D eigenvalue weighted by molar-refractivity contribution is 5.32. The molecule has 0 spiro atoms. The van der Waals surface area contributed by atoms with Crippen LogP contribution in [-0.4, -0.2) is 54.2 Å². The van der Waals surface area contributed by atoms with E-state index < -0.39 is 0 Å². The highest BCUT2D eigenvalue weighted by atomic mass is 16.3. The SMILES string of the molecule is N#Cc1cccc(CN2CCCN(CCO)CC2)c1. The van der Waals surface area contributed by atoms with Crippen molar-refractivity contribution in [2.75, 3.05) is 39.3 Å². The number of rotatable bonds is 4. The van der Waals surface area contributed by atoms with Crippen molar-refractivity contribution in [1.82, 2.24) is 9.80 Å². The van der Waals surface area contributed by atoms with Gasteiger partial charge in [-0.25, -0.2) is 0 Å². The van der Waals surface area contributed by atoms with Crippen molar-refractivity contribution in [2.24, 2.45) is 0 Å². The summed E-state index contributed by atoms with van der Waals surface area (Å²) in [4.78, 5) is 4.74. The van der Waals surface area contributed by atoms with E-state index in [0.29, 0.717) is 0 Å². The standard InChI is InChI=1S/C15H21N3O/c16-12-14-3-1-4-15(11-14)13-18-6-2-5-17(7-8-18)9-10-19/h1,3-4,11,19H,2,5-10,13H2. The first-order valence-corrected chi connectivity index (χ1v) is 6.86. The second-order valence-corrected chi connectivity index (χ2v) is 5.01. The molecule has 19 heavy (non-hydrogen) atoms. The van der Waals surface area contributed by atoms with Gasteiger partial charge in [-0.05, 0) is 37.2 Å². The molecule has 2 rings (SSSR count). The smallest absolute Gasteiger partial charge is 0.0991 e. The van der Waals surface area contributed by atoms with Crippen LogP contribution in [0.25, 0.3) is 0 Å². The number of benzene rings is 1. The molecule has 1 fully saturated rings. The molecule has 0 unspecified atom stereocenters. The number of hydrogen-bond donors (Lipinski definition) is 1. The van der Waals surface area contributed by atoms with Gasteiger partial charge in [0.2, 0.25) is 0 Å². The van der Waals surface area contributed by atoms with Crippen LogP contribution in [0, 0.1) is 11.3 Å². The van der Waals surface area contributed by atoms with Gasteiger partial charge < -0.3 is 5.11 Å². The molecule has 102 valence electrons. The molecule has 4 heteroatoms. The Balaban J connectivity index is 1.90. The fourth-order valence-electron chi connectivity index (χ4n) is 2.54. The highest BCUT2D eigenvalue weighted by Gasteiger charge is 2.14. The van der Waals surface area contributed by atoms with Crippen LogP contribution in [-0.2, 0) is 6.54 Å². The van der Waals surface area contributed by atoms with E-state index in [2.05, 4.69) is 21.9 Å². The predicted octanol–water partition coefficient (Wildman–Crippen LogP) is 1.06. The molecule has 0 bridgehead atoms. The fourth-order valence-corrected chi connectivity index (χ4v) is 2.54. The Morgan fingerprint density at radius 1 is 1.16 bits per heavy atom. The van der Waals surface area contributed by atoms with Gasteiger partial charge >= 0.3 is 0 Å². The average Bonchev–Trinajstić information content (AvgIpc) is 2.65. The van der Waals surface area contributed by atoms with E-state index in [-0.39, 0.29) is 6.61 Å². The van der Waals surface area contributed by atoms with Crippen molar-refractivity contribution in [3.8, 4) is 6.07 Å². The summed E-state index contributed by atoms with van der Waals surface area (Å²) in [6, 6.07) is 10.0. The highest BCUT2D eigenvalue weighted by Crippen LogP contribution is 2.10. The quantitative estimate of drug-likeness (QED) is 0.878. The van der Waals surface area contributed by atoms with Crippen molar-refractivity contribution < 1.29 is 5.11 Å². The van der Waals surface area contributed by atoms with Crippen LogP contribution in [0.4, 0.5) is 0 Å². The van der Waals surface area contributed by atoms with Gasteiger partial charge in [0, 0.05) is 26.2 Å². The van der Waals surface area contributed by atoms with Crippen LogP contribution in [0.3, 0.4) is 0 Å². The normalized spacial score (nSPS) is 17.9. The monoisotopic (exact) mass is 259 g/mol. The van der Waals surface area contributed by atoms with Crippen LogP contribution >= 0.6 is 0 Å². The topological polar surface area (TPSA) is 50.5 Å². The summed E-state index contributed by atoms with van der Waals surface area (Å²) in [5.41, 5.74) is 1.93. The lowest BCUT2D eigenvalue weighted by Crippen LogP contribution is -2.32. The third kappa shape index (κ3) is 4.32. The first-order chi connectivity index (χ1) is 9.31. The van der Waals surface area contributed by atoms with Crippen LogP contribution in [0.5, 0.6) is 0 Å². The molecule has 0 amide bonds. The molecule has 1 heterocycles. The fraction of sp³-hybridized carbons (Fsp3) is 0.533. The number of nitrogens with zero attached hydrogens (tertiary/aromatic N) is 3. The van der Waals surface area contributed by atoms with Crippen molar-refractivity contribution in [2.45, 2.75) is 13.0 Å². The summed E-state index contributed by atoms with van der Waals surface area (Å²) in [5, 5.41) is 17.9. The summed E-state index contributed by atoms with van der Waals surface area (Å²) < 4.78 is 0. The molecule has 4 nitrogen and oxygen atoms in total. The zero-order valence-electron chi connectivity index (χ0n) is 11.3. The lowest BCUT2D eigenvalue weighted by Gasteiger charge is -2.21. The number of aliphatic hydroxyl groups is 1. The van der Waals surface area contributed by atoms with Crippen molar-refractivity contribution in [1.29, 1.82) is 5.26 Å². The number of β-amino-alcohol motifs (C(OH)–C–C–N with tert-alkyl or cyclic N) is 1. The van der Waals surface area contributed by atoms with E-state index in [1.165, 1.54) is 5.56 Å².